The van der Waals surface area contributed by atoms with E-state index in [9.17, 15) is 9.18 Å². The van der Waals surface area contributed by atoms with E-state index in [1.807, 2.05) is 26.1 Å². The zero-order valence-electron chi connectivity index (χ0n) is 25.7. The SMILES string of the molecule is CC(C)N(C(=O)c1cc(F)ccc1Oc1cncnc1N1CC2(CC(Oc3ccnc4c3CN(C)CC4)C2)C1)c1ccncc1. The minimum Gasteiger partial charge on any atom is -0.490 e. The van der Waals surface area contributed by atoms with Crippen LogP contribution in [0.3, 0.4) is 0 Å². The molecule has 4 aromatic rings. The molecule has 1 aromatic carbocycles. The Kier molecular flexibility index (Phi) is 7.56. The van der Waals surface area contributed by atoms with Gasteiger partial charge in [0, 0.05) is 79.6 Å². The van der Waals surface area contributed by atoms with E-state index >= 15 is 0 Å². The fourth-order valence-corrected chi connectivity index (χ4v) is 6.78. The lowest BCUT2D eigenvalue weighted by Gasteiger charge is -2.59. The second-order valence-corrected chi connectivity index (χ2v) is 12.7. The number of amides is 1. The third-order valence-corrected chi connectivity index (χ3v) is 8.95. The normalized spacial score (nSPS) is 17.4. The highest BCUT2D eigenvalue weighted by Gasteiger charge is 2.54. The molecule has 0 N–H and O–H groups in total. The van der Waals surface area contributed by atoms with Gasteiger partial charge >= 0.3 is 0 Å². The van der Waals surface area contributed by atoms with Gasteiger partial charge in [-0.25, -0.2) is 14.4 Å². The third kappa shape index (κ3) is 5.68. The number of hydrogen-bond acceptors (Lipinski definition) is 9. The number of halogens is 1. The first-order chi connectivity index (χ1) is 21.8. The van der Waals surface area contributed by atoms with Crippen LogP contribution in [0.2, 0.25) is 0 Å². The maximum absolute atomic E-state index is 14.5. The second-order valence-electron chi connectivity index (χ2n) is 12.7. The molecule has 0 unspecified atom stereocenters. The largest absolute Gasteiger partial charge is 0.490 e. The molecule has 45 heavy (non-hydrogen) atoms. The molecule has 1 spiro atoms. The van der Waals surface area contributed by atoms with Gasteiger partial charge in [0.1, 0.15) is 29.7 Å². The van der Waals surface area contributed by atoms with Crippen molar-refractivity contribution < 1.29 is 18.7 Å². The maximum atomic E-state index is 14.5. The van der Waals surface area contributed by atoms with Gasteiger partial charge in [-0.3, -0.25) is 14.8 Å². The number of rotatable bonds is 8. The number of aromatic nitrogens is 4. The number of carbonyl (C=O) groups is 1. The number of benzene rings is 1. The predicted octanol–water partition coefficient (Wildman–Crippen LogP) is 5.29. The Balaban J connectivity index is 1.05. The van der Waals surface area contributed by atoms with Gasteiger partial charge in [0.05, 0.1) is 11.8 Å². The van der Waals surface area contributed by atoms with Gasteiger partial charge < -0.3 is 24.2 Å². The fraction of sp³-hybridized carbons (Fsp3) is 0.382. The summed E-state index contributed by atoms with van der Waals surface area (Å²) in [5, 5.41) is 0. The molecule has 0 atom stereocenters. The molecule has 2 aliphatic heterocycles. The van der Waals surface area contributed by atoms with Crippen molar-refractivity contribution in [1.82, 2.24) is 24.8 Å². The molecule has 0 bridgehead atoms. The van der Waals surface area contributed by atoms with Gasteiger partial charge in [-0.15, -0.1) is 0 Å². The van der Waals surface area contributed by atoms with E-state index in [1.54, 1.807) is 35.6 Å². The molecule has 1 saturated heterocycles. The monoisotopic (exact) mass is 609 g/mol. The van der Waals surface area contributed by atoms with E-state index in [-0.39, 0.29) is 34.8 Å². The summed E-state index contributed by atoms with van der Waals surface area (Å²) in [4.78, 5) is 37.2. The van der Waals surface area contributed by atoms with Crippen LogP contribution in [0.1, 0.15) is 48.3 Å². The second kappa shape index (κ2) is 11.7. The van der Waals surface area contributed by atoms with Crippen molar-refractivity contribution >= 4 is 17.4 Å². The molecular formula is C34H36FN7O3. The van der Waals surface area contributed by atoms with Crippen molar-refractivity contribution in [2.75, 3.05) is 36.5 Å². The Hall–Kier alpha value is -4.64. The Bertz CT molecular complexity index is 1710. The zero-order chi connectivity index (χ0) is 31.1. The lowest BCUT2D eigenvalue weighted by atomic mass is 9.61. The number of likely N-dealkylation sites (N-methyl/N-ethyl adjacent to an activating group) is 1. The molecule has 3 aromatic heterocycles. The van der Waals surface area contributed by atoms with Crippen LogP contribution in [0.25, 0.3) is 0 Å². The molecule has 10 nitrogen and oxygen atoms in total. The van der Waals surface area contributed by atoms with E-state index < -0.39 is 5.82 Å². The van der Waals surface area contributed by atoms with Crippen molar-refractivity contribution in [3.05, 3.63) is 90.2 Å². The van der Waals surface area contributed by atoms with E-state index in [4.69, 9.17) is 9.47 Å². The smallest absolute Gasteiger partial charge is 0.262 e. The van der Waals surface area contributed by atoms with Crippen LogP contribution in [0, 0.1) is 11.2 Å². The van der Waals surface area contributed by atoms with Gasteiger partial charge in [0.25, 0.3) is 5.91 Å². The third-order valence-electron chi connectivity index (χ3n) is 8.95. The van der Waals surface area contributed by atoms with Gasteiger partial charge in [0.2, 0.25) is 0 Å². The predicted molar refractivity (Wildman–Crippen MR) is 167 cm³/mol. The molecule has 232 valence electrons. The number of hydrogen-bond donors (Lipinski definition) is 0. The maximum Gasteiger partial charge on any atom is 0.262 e. The van der Waals surface area contributed by atoms with Crippen LogP contribution < -0.4 is 19.3 Å². The van der Waals surface area contributed by atoms with Crippen molar-refractivity contribution in [2.45, 2.75) is 51.8 Å². The highest BCUT2D eigenvalue weighted by Crippen LogP contribution is 2.52. The minimum absolute atomic E-state index is 0.110. The summed E-state index contributed by atoms with van der Waals surface area (Å²) in [7, 11) is 2.13. The highest BCUT2D eigenvalue weighted by atomic mass is 19.1. The van der Waals surface area contributed by atoms with Crippen molar-refractivity contribution in [1.29, 1.82) is 0 Å². The summed E-state index contributed by atoms with van der Waals surface area (Å²) >= 11 is 0. The van der Waals surface area contributed by atoms with Crippen LogP contribution in [0.5, 0.6) is 17.2 Å². The number of pyridine rings is 2. The van der Waals surface area contributed by atoms with E-state index in [0.717, 1.165) is 56.9 Å². The van der Waals surface area contributed by atoms with E-state index in [1.165, 1.54) is 30.1 Å². The van der Waals surface area contributed by atoms with Crippen molar-refractivity contribution in [3.8, 4) is 17.2 Å². The molecule has 0 radical (unpaired) electrons. The molecule has 2 fully saturated rings. The van der Waals surface area contributed by atoms with Crippen molar-refractivity contribution in [2.24, 2.45) is 5.41 Å². The average molecular weight is 610 g/mol. The van der Waals surface area contributed by atoms with Gasteiger partial charge in [-0.1, -0.05) is 0 Å². The molecule has 7 rings (SSSR count). The number of fused-ring (bicyclic) bond motifs is 1. The van der Waals surface area contributed by atoms with Crippen LogP contribution >= 0.6 is 0 Å². The number of ether oxygens (including phenoxy) is 2. The Morgan fingerprint density at radius 2 is 1.82 bits per heavy atom. The topological polar surface area (TPSA) is 96.8 Å². The highest BCUT2D eigenvalue weighted by molar-refractivity contribution is 6.08. The van der Waals surface area contributed by atoms with E-state index in [2.05, 4.69) is 36.8 Å². The fourth-order valence-electron chi connectivity index (χ4n) is 6.78. The zero-order valence-corrected chi connectivity index (χ0v) is 25.7. The van der Waals surface area contributed by atoms with Crippen LogP contribution in [-0.4, -0.2) is 69.6 Å². The first-order valence-corrected chi connectivity index (χ1v) is 15.4. The molecule has 1 aliphatic carbocycles. The standard InChI is InChI=1S/C34H36FN7O3/c1-22(2)42(24-6-10-36-11-7-24)33(43)26-14-23(35)4-5-29(26)45-31-17-37-21-39-32(31)41-19-34(20-41)15-25(16-34)44-30-8-12-38-28-9-13-40(3)18-27(28)30/h4-8,10-12,14,17,21-22,25H,9,13,15-16,18-20H2,1-3H3. The Morgan fingerprint density at radius 1 is 1.02 bits per heavy atom. The number of carbonyl (C=O) groups excluding carboxylic acids is 1. The number of anilines is 2. The lowest BCUT2D eigenvalue weighted by molar-refractivity contribution is -0.0352. The molecule has 5 heterocycles. The van der Waals surface area contributed by atoms with Crippen LogP contribution in [0.15, 0.2) is 67.5 Å². The summed E-state index contributed by atoms with van der Waals surface area (Å²) < 4.78 is 27.3. The average Bonchev–Trinajstić information content (AvgIpc) is 2.99. The molecule has 1 saturated carbocycles. The van der Waals surface area contributed by atoms with Gasteiger partial charge in [-0.05, 0) is 70.1 Å². The summed E-state index contributed by atoms with van der Waals surface area (Å²) in [6.07, 6.45) is 11.2. The first-order valence-electron chi connectivity index (χ1n) is 15.4. The molecular weight excluding hydrogens is 573 g/mol. The lowest BCUT2D eigenvalue weighted by Crippen LogP contribution is -2.65. The first kappa shape index (κ1) is 29.1. The Morgan fingerprint density at radius 3 is 2.60 bits per heavy atom. The minimum atomic E-state index is -0.528. The Labute approximate surface area is 261 Å². The van der Waals surface area contributed by atoms with Gasteiger partial charge in [0.15, 0.2) is 11.6 Å². The molecule has 3 aliphatic rings. The summed E-state index contributed by atoms with van der Waals surface area (Å²) in [6, 6.07) is 9.28. The van der Waals surface area contributed by atoms with Gasteiger partial charge in [-0.2, -0.15) is 0 Å². The van der Waals surface area contributed by atoms with Crippen LogP contribution in [0.4, 0.5) is 15.9 Å². The van der Waals surface area contributed by atoms with Crippen molar-refractivity contribution in [3.63, 3.8) is 0 Å². The summed E-state index contributed by atoms with van der Waals surface area (Å²) in [5.74, 6) is 1.33. The quantitative estimate of drug-likeness (QED) is 0.264. The molecule has 1 amide bonds. The van der Waals surface area contributed by atoms with Crippen LogP contribution in [-0.2, 0) is 13.0 Å². The molecule has 11 heteroatoms. The van der Waals surface area contributed by atoms with E-state index in [0.29, 0.717) is 17.3 Å². The number of nitrogens with zero attached hydrogens (tertiary/aromatic N) is 7. The summed E-state index contributed by atoms with van der Waals surface area (Å²) in [5.41, 5.74) is 3.29. The summed E-state index contributed by atoms with van der Waals surface area (Å²) in [6.45, 7) is 7.31.